The molecule has 0 spiro atoms. The monoisotopic (exact) mass is 590 g/mol. The highest BCUT2D eigenvalue weighted by molar-refractivity contribution is 7.46. The van der Waals surface area contributed by atoms with Crippen LogP contribution in [0, 0.1) is 0 Å². The van der Waals surface area contributed by atoms with Crippen molar-refractivity contribution in [2.24, 2.45) is 0 Å². The van der Waals surface area contributed by atoms with Gasteiger partial charge in [0.15, 0.2) is 6.10 Å². The Morgan fingerprint density at radius 3 is 1.55 bits per heavy atom. The largest absolute Gasteiger partial charge is 0.469 e. The molecule has 0 radical (unpaired) electrons. The number of unbranched alkanes of at least 4 members (excludes halogenated alkanes) is 17. The molecule has 0 aromatic heterocycles. The van der Waals surface area contributed by atoms with Crippen LogP contribution >= 0.6 is 7.82 Å². The van der Waals surface area contributed by atoms with Crippen molar-refractivity contribution in [1.82, 2.24) is 0 Å². The van der Waals surface area contributed by atoms with Crippen molar-refractivity contribution in [3.63, 3.8) is 0 Å². The van der Waals surface area contributed by atoms with Crippen LogP contribution < -0.4 is 0 Å². The zero-order valence-electron chi connectivity index (χ0n) is 25.5. The van der Waals surface area contributed by atoms with E-state index in [2.05, 4.69) is 30.5 Å². The highest BCUT2D eigenvalue weighted by Crippen LogP contribution is 2.35. The Morgan fingerprint density at radius 1 is 0.625 bits per heavy atom. The van der Waals surface area contributed by atoms with Gasteiger partial charge in [0, 0.05) is 12.8 Å². The smallest absolute Gasteiger partial charge is 0.462 e. The third-order valence-electron chi connectivity index (χ3n) is 6.78. The molecular formula is C31H59O8P. The predicted molar refractivity (Wildman–Crippen MR) is 161 cm³/mol. The zero-order chi connectivity index (χ0) is 29.7. The third kappa shape index (κ3) is 29.8. The normalized spacial score (nSPS) is 12.6. The summed E-state index contributed by atoms with van der Waals surface area (Å²) in [6.07, 6.45) is 26.5. The van der Waals surface area contributed by atoms with Crippen LogP contribution in [0.3, 0.4) is 0 Å². The lowest BCUT2D eigenvalue weighted by Crippen LogP contribution is -2.29. The molecule has 0 bridgehead atoms. The molecule has 0 fully saturated rings. The highest BCUT2D eigenvalue weighted by atomic mass is 31.2. The van der Waals surface area contributed by atoms with Crippen molar-refractivity contribution < 1.29 is 37.9 Å². The first-order chi connectivity index (χ1) is 19.3. The summed E-state index contributed by atoms with van der Waals surface area (Å²) in [5.41, 5.74) is 0. The molecule has 40 heavy (non-hydrogen) atoms. The van der Waals surface area contributed by atoms with E-state index < -0.39 is 32.5 Å². The molecule has 0 saturated heterocycles. The summed E-state index contributed by atoms with van der Waals surface area (Å²) in [5.74, 6) is -0.896. The summed E-state index contributed by atoms with van der Waals surface area (Å²) in [4.78, 5) is 42.3. The lowest BCUT2D eigenvalue weighted by Gasteiger charge is -2.18. The van der Waals surface area contributed by atoms with Gasteiger partial charge in [-0.05, 0) is 38.5 Å². The predicted octanol–water partition coefficient (Wildman–Crippen LogP) is 8.73. The maximum Gasteiger partial charge on any atom is 0.469 e. The first-order valence-electron chi connectivity index (χ1n) is 16.0. The number of hydrogen-bond donors (Lipinski definition) is 2. The van der Waals surface area contributed by atoms with Crippen molar-refractivity contribution in [3.05, 3.63) is 12.2 Å². The average molecular weight is 591 g/mol. The van der Waals surface area contributed by atoms with Gasteiger partial charge in [-0.1, -0.05) is 116 Å². The maximum absolute atomic E-state index is 12.3. The van der Waals surface area contributed by atoms with Crippen molar-refractivity contribution in [1.29, 1.82) is 0 Å². The fraction of sp³-hybridized carbons (Fsp3) is 0.871. The summed E-state index contributed by atoms with van der Waals surface area (Å²) in [6, 6.07) is 0. The van der Waals surface area contributed by atoms with Crippen LogP contribution in [-0.4, -0.2) is 41.0 Å². The van der Waals surface area contributed by atoms with Crippen molar-refractivity contribution in [2.45, 2.75) is 161 Å². The number of phosphoric ester groups is 1. The molecule has 1 atom stereocenters. The van der Waals surface area contributed by atoms with Crippen LogP contribution in [0.5, 0.6) is 0 Å². The molecule has 0 saturated carbocycles. The molecule has 2 N–H and O–H groups in total. The Labute approximate surface area is 244 Å². The molecule has 236 valence electrons. The number of hydrogen-bond acceptors (Lipinski definition) is 6. The Morgan fingerprint density at radius 2 is 1.05 bits per heavy atom. The van der Waals surface area contributed by atoms with Crippen LogP contribution in [-0.2, 0) is 28.2 Å². The van der Waals surface area contributed by atoms with Gasteiger partial charge in [0.05, 0.1) is 6.61 Å². The fourth-order valence-corrected chi connectivity index (χ4v) is 4.73. The Kier molecular flexibility index (Phi) is 27.1. The van der Waals surface area contributed by atoms with Gasteiger partial charge in [-0.15, -0.1) is 0 Å². The van der Waals surface area contributed by atoms with Gasteiger partial charge in [-0.2, -0.15) is 0 Å². The van der Waals surface area contributed by atoms with Gasteiger partial charge >= 0.3 is 19.8 Å². The number of rotatable bonds is 29. The number of esters is 2. The molecule has 1 unspecified atom stereocenters. The summed E-state index contributed by atoms with van der Waals surface area (Å²) < 4.78 is 26.1. The molecule has 0 aliphatic heterocycles. The number of carbonyl (C=O) groups is 2. The Bertz CT molecular complexity index is 676. The summed E-state index contributed by atoms with van der Waals surface area (Å²) in [5, 5.41) is 0. The van der Waals surface area contributed by atoms with Crippen LogP contribution in [0.1, 0.15) is 155 Å². The van der Waals surface area contributed by atoms with E-state index in [9.17, 15) is 14.2 Å². The minimum atomic E-state index is -4.74. The van der Waals surface area contributed by atoms with E-state index in [-0.39, 0.29) is 19.4 Å². The van der Waals surface area contributed by atoms with Crippen molar-refractivity contribution in [2.75, 3.05) is 13.2 Å². The molecular weight excluding hydrogens is 531 g/mol. The van der Waals surface area contributed by atoms with Crippen molar-refractivity contribution >= 4 is 19.8 Å². The van der Waals surface area contributed by atoms with Crippen LogP contribution in [0.4, 0.5) is 0 Å². The van der Waals surface area contributed by atoms with Crippen LogP contribution in [0.2, 0.25) is 0 Å². The maximum atomic E-state index is 12.3. The van der Waals surface area contributed by atoms with E-state index in [1.54, 1.807) is 0 Å². The quantitative estimate of drug-likeness (QED) is 0.0384. The molecule has 0 aromatic carbocycles. The second-order valence-corrected chi connectivity index (χ2v) is 12.0. The highest BCUT2D eigenvalue weighted by Gasteiger charge is 2.22. The lowest BCUT2D eigenvalue weighted by molar-refractivity contribution is -0.161. The summed E-state index contributed by atoms with van der Waals surface area (Å²) in [7, 11) is -4.74. The van der Waals surface area contributed by atoms with E-state index in [4.69, 9.17) is 19.3 Å². The molecule has 9 heteroatoms. The standard InChI is InChI=1S/C31H59O8P/c1-3-5-7-9-11-13-14-15-16-18-20-22-24-26-31(33)39-29(28-38-40(34,35)36)27-37-30(32)25-23-21-19-17-12-10-8-6-4-2/h13-14,29H,3-12,15-28H2,1-2H3,(H2,34,35,36)/b14-13-. The first kappa shape index (κ1) is 38.8. The summed E-state index contributed by atoms with van der Waals surface area (Å²) in [6.45, 7) is 3.61. The van der Waals surface area contributed by atoms with Crippen LogP contribution in [0.15, 0.2) is 12.2 Å². The minimum Gasteiger partial charge on any atom is -0.462 e. The van der Waals surface area contributed by atoms with Gasteiger partial charge in [-0.3, -0.25) is 14.1 Å². The number of phosphoric acid groups is 1. The second-order valence-electron chi connectivity index (χ2n) is 10.8. The minimum absolute atomic E-state index is 0.205. The van der Waals surface area contributed by atoms with E-state index in [0.717, 1.165) is 51.4 Å². The van der Waals surface area contributed by atoms with Gasteiger partial charge in [0.25, 0.3) is 0 Å². The van der Waals surface area contributed by atoms with Gasteiger partial charge in [0.1, 0.15) is 6.61 Å². The summed E-state index contributed by atoms with van der Waals surface area (Å²) >= 11 is 0. The van der Waals surface area contributed by atoms with Crippen molar-refractivity contribution in [3.8, 4) is 0 Å². The lowest BCUT2D eigenvalue weighted by atomic mass is 10.1. The third-order valence-corrected chi connectivity index (χ3v) is 7.27. The van der Waals surface area contributed by atoms with E-state index in [0.29, 0.717) is 6.42 Å². The SMILES string of the molecule is CCCCCC/C=C\CCCCCCCC(=O)OC(COC(=O)CCCCCCCCCCC)COP(=O)(O)O. The van der Waals surface area contributed by atoms with Gasteiger partial charge in [0.2, 0.25) is 0 Å². The number of allylic oxidation sites excluding steroid dienone is 2. The Hall–Kier alpha value is -1.21. The molecule has 0 amide bonds. The molecule has 0 aliphatic carbocycles. The molecule has 0 rings (SSSR count). The zero-order valence-corrected chi connectivity index (χ0v) is 26.4. The van der Waals surface area contributed by atoms with Gasteiger partial charge < -0.3 is 19.3 Å². The topological polar surface area (TPSA) is 119 Å². The number of ether oxygens (including phenoxy) is 2. The van der Waals surface area contributed by atoms with E-state index in [1.807, 2.05) is 0 Å². The average Bonchev–Trinajstić information content (AvgIpc) is 2.91. The molecule has 0 aromatic rings. The number of carbonyl (C=O) groups excluding carboxylic acids is 2. The van der Waals surface area contributed by atoms with Gasteiger partial charge in [-0.25, -0.2) is 4.57 Å². The van der Waals surface area contributed by atoms with Crippen LogP contribution in [0.25, 0.3) is 0 Å². The molecule has 8 nitrogen and oxygen atoms in total. The molecule has 0 aliphatic rings. The molecule has 0 heterocycles. The first-order valence-corrected chi connectivity index (χ1v) is 17.5. The fourth-order valence-electron chi connectivity index (χ4n) is 4.37. The van der Waals surface area contributed by atoms with E-state index in [1.165, 1.54) is 70.6 Å². The van der Waals surface area contributed by atoms with E-state index >= 15 is 0 Å². The second kappa shape index (κ2) is 27.9. The Balaban J connectivity index is 4.05.